The fraction of sp³-hybridized carbons (Fsp3) is 0.900. The number of hydrogen-bond donors (Lipinski definition) is 0. The van der Waals surface area contributed by atoms with Gasteiger partial charge in [0.15, 0.2) is 9.84 Å². The van der Waals surface area contributed by atoms with E-state index in [0.717, 1.165) is 6.42 Å². The molecule has 1 heterocycles. The zero-order chi connectivity index (χ0) is 11.6. The summed E-state index contributed by atoms with van der Waals surface area (Å²) in [5.41, 5.74) is 0. The predicted octanol–water partition coefficient (Wildman–Crippen LogP) is 0.821. The smallest absolute Gasteiger partial charge is 0.219 e. The van der Waals surface area contributed by atoms with Crippen molar-refractivity contribution in [1.82, 2.24) is 4.90 Å². The summed E-state index contributed by atoms with van der Waals surface area (Å²) in [4.78, 5) is 13.2. The zero-order valence-corrected chi connectivity index (χ0v) is 10.4. The van der Waals surface area contributed by atoms with Gasteiger partial charge in [0, 0.05) is 19.0 Å². The maximum Gasteiger partial charge on any atom is 0.219 e. The molecule has 15 heavy (non-hydrogen) atoms. The van der Waals surface area contributed by atoms with Crippen molar-refractivity contribution in [3.8, 4) is 0 Å². The second kappa shape index (κ2) is 4.51. The first kappa shape index (κ1) is 12.5. The molecule has 0 aromatic carbocycles. The van der Waals surface area contributed by atoms with Crippen molar-refractivity contribution in [2.75, 3.05) is 11.5 Å². The summed E-state index contributed by atoms with van der Waals surface area (Å²) in [6, 6.07) is 0.0169. The molecular weight excluding hydrogens is 214 g/mol. The first-order valence-electron chi connectivity index (χ1n) is 5.36. The lowest BCUT2D eigenvalue weighted by molar-refractivity contribution is -0.133. The number of sulfone groups is 1. The Balaban J connectivity index is 2.79. The summed E-state index contributed by atoms with van der Waals surface area (Å²) in [6.45, 7) is 5.48. The molecule has 1 aliphatic rings. The molecule has 0 aromatic heterocycles. The van der Waals surface area contributed by atoms with E-state index in [9.17, 15) is 13.2 Å². The minimum Gasteiger partial charge on any atom is -0.336 e. The molecule has 88 valence electrons. The van der Waals surface area contributed by atoms with Crippen LogP contribution in [-0.4, -0.2) is 42.8 Å². The van der Waals surface area contributed by atoms with Crippen LogP contribution in [0.15, 0.2) is 0 Å². The summed E-state index contributed by atoms with van der Waals surface area (Å²) < 4.78 is 22.7. The number of rotatable bonds is 3. The number of carbonyl (C=O) groups excluding carboxylic acids is 1. The monoisotopic (exact) mass is 233 g/mol. The fourth-order valence-electron chi connectivity index (χ4n) is 2.12. The number of hydrogen-bond acceptors (Lipinski definition) is 3. The topological polar surface area (TPSA) is 54.5 Å². The van der Waals surface area contributed by atoms with Crippen LogP contribution in [0.1, 0.15) is 33.6 Å². The average Bonchev–Trinajstić information content (AvgIpc) is 2.45. The van der Waals surface area contributed by atoms with Crippen molar-refractivity contribution >= 4 is 15.7 Å². The lowest BCUT2D eigenvalue weighted by atomic mass is 10.1. The average molecular weight is 233 g/mol. The van der Waals surface area contributed by atoms with Crippen LogP contribution < -0.4 is 0 Å². The first-order chi connectivity index (χ1) is 6.87. The standard InChI is InChI=1S/C10H19NO3S/c1-4-8(2)11(9(3)12)10-5-6-15(13,14)7-10/h8,10H,4-7H2,1-3H3. The largest absolute Gasteiger partial charge is 0.336 e. The highest BCUT2D eigenvalue weighted by molar-refractivity contribution is 7.91. The van der Waals surface area contributed by atoms with E-state index in [0.29, 0.717) is 6.42 Å². The lowest BCUT2D eigenvalue weighted by Crippen LogP contribution is -2.45. The van der Waals surface area contributed by atoms with Crippen LogP contribution in [0.25, 0.3) is 0 Å². The molecule has 0 spiro atoms. The molecule has 0 aromatic rings. The molecule has 1 amide bonds. The third-order valence-corrected chi connectivity index (χ3v) is 4.78. The van der Waals surface area contributed by atoms with Crippen LogP contribution in [0.3, 0.4) is 0 Å². The SMILES string of the molecule is CCC(C)N(C(C)=O)C1CCS(=O)(=O)C1. The molecule has 0 aliphatic carbocycles. The van der Waals surface area contributed by atoms with Gasteiger partial charge >= 0.3 is 0 Å². The molecule has 0 bridgehead atoms. The Hall–Kier alpha value is -0.580. The Morgan fingerprint density at radius 2 is 2.13 bits per heavy atom. The van der Waals surface area contributed by atoms with Gasteiger partial charge in [-0.3, -0.25) is 4.79 Å². The van der Waals surface area contributed by atoms with Crippen LogP contribution in [0.5, 0.6) is 0 Å². The van der Waals surface area contributed by atoms with Gasteiger partial charge in [-0.15, -0.1) is 0 Å². The van der Waals surface area contributed by atoms with Gasteiger partial charge in [-0.2, -0.15) is 0 Å². The van der Waals surface area contributed by atoms with Crippen molar-refractivity contribution in [3.63, 3.8) is 0 Å². The minimum atomic E-state index is -2.91. The van der Waals surface area contributed by atoms with Crippen LogP contribution in [0, 0.1) is 0 Å². The zero-order valence-electron chi connectivity index (χ0n) is 9.56. The van der Waals surface area contributed by atoms with Gasteiger partial charge in [-0.1, -0.05) is 6.92 Å². The molecular formula is C10H19NO3S. The molecule has 1 rings (SSSR count). The molecule has 2 atom stereocenters. The number of amides is 1. The molecule has 1 aliphatic heterocycles. The van der Waals surface area contributed by atoms with Gasteiger partial charge in [-0.25, -0.2) is 8.42 Å². The Bertz CT molecular complexity index is 337. The third kappa shape index (κ3) is 2.93. The van der Waals surface area contributed by atoms with Gasteiger partial charge < -0.3 is 4.90 Å². The molecule has 1 saturated heterocycles. The predicted molar refractivity (Wildman–Crippen MR) is 59.3 cm³/mol. The van der Waals surface area contributed by atoms with Gasteiger partial charge in [0.2, 0.25) is 5.91 Å². The summed E-state index contributed by atoms with van der Waals surface area (Å²) in [6.07, 6.45) is 1.45. The van der Waals surface area contributed by atoms with E-state index in [1.807, 2.05) is 13.8 Å². The number of nitrogens with zero attached hydrogens (tertiary/aromatic N) is 1. The van der Waals surface area contributed by atoms with Crippen LogP contribution in [-0.2, 0) is 14.6 Å². The highest BCUT2D eigenvalue weighted by Crippen LogP contribution is 2.21. The van der Waals surface area contributed by atoms with E-state index in [2.05, 4.69) is 0 Å². The Kier molecular flexibility index (Phi) is 3.76. The fourth-order valence-corrected chi connectivity index (χ4v) is 3.83. The molecule has 0 N–H and O–H groups in total. The quantitative estimate of drug-likeness (QED) is 0.725. The maximum absolute atomic E-state index is 11.5. The Morgan fingerprint density at radius 3 is 2.47 bits per heavy atom. The van der Waals surface area contributed by atoms with E-state index >= 15 is 0 Å². The Labute approximate surface area is 91.6 Å². The second-order valence-corrected chi connectivity index (χ2v) is 6.47. The normalized spacial score (nSPS) is 26.2. The molecule has 0 radical (unpaired) electrons. The molecule has 1 fully saturated rings. The third-order valence-electron chi connectivity index (χ3n) is 3.03. The summed E-state index contributed by atoms with van der Waals surface area (Å²) >= 11 is 0. The first-order valence-corrected chi connectivity index (χ1v) is 7.19. The van der Waals surface area contributed by atoms with Gasteiger partial charge in [0.1, 0.15) is 0 Å². The minimum absolute atomic E-state index is 0.0218. The summed E-state index contributed by atoms with van der Waals surface area (Å²) in [7, 11) is -2.91. The number of carbonyl (C=O) groups is 1. The van der Waals surface area contributed by atoms with Crippen LogP contribution in [0.2, 0.25) is 0 Å². The lowest BCUT2D eigenvalue weighted by Gasteiger charge is -2.32. The van der Waals surface area contributed by atoms with E-state index in [1.165, 1.54) is 6.92 Å². The highest BCUT2D eigenvalue weighted by atomic mass is 32.2. The second-order valence-electron chi connectivity index (χ2n) is 4.24. The van der Waals surface area contributed by atoms with Crippen molar-refractivity contribution in [3.05, 3.63) is 0 Å². The van der Waals surface area contributed by atoms with Crippen molar-refractivity contribution in [2.45, 2.75) is 45.7 Å². The van der Waals surface area contributed by atoms with E-state index < -0.39 is 9.84 Å². The van der Waals surface area contributed by atoms with E-state index in [4.69, 9.17) is 0 Å². The van der Waals surface area contributed by atoms with E-state index in [1.54, 1.807) is 4.90 Å². The Morgan fingerprint density at radius 1 is 1.53 bits per heavy atom. The van der Waals surface area contributed by atoms with Gasteiger partial charge in [-0.05, 0) is 19.8 Å². The highest BCUT2D eigenvalue weighted by Gasteiger charge is 2.35. The van der Waals surface area contributed by atoms with Gasteiger partial charge in [0.05, 0.1) is 11.5 Å². The van der Waals surface area contributed by atoms with Crippen molar-refractivity contribution < 1.29 is 13.2 Å². The maximum atomic E-state index is 11.5. The molecule has 2 unspecified atom stereocenters. The summed E-state index contributed by atoms with van der Waals surface area (Å²) in [5, 5.41) is 0. The van der Waals surface area contributed by atoms with Crippen LogP contribution in [0.4, 0.5) is 0 Å². The molecule has 4 nitrogen and oxygen atoms in total. The molecule has 5 heteroatoms. The van der Waals surface area contributed by atoms with Crippen LogP contribution >= 0.6 is 0 Å². The van der Waals surface area contributed by atoms with Gasteiger partial charge in [0.25, 0.3) is 0 Å². The van der Waals surface area contributed by atoms with E-state index in [-0.39, 0.29) is 29.5 Å². The van der Waals surface area contributed by atoms with Crippen molar-refractivity contribution in [1.29, 1.82) is 0 Å². The molecule has 0 saturated carbocycles. The summed E-state index contributed by atoms with van der Waals surface area (Å²) in [5.74, 6) is 0.334. The van der Waals surface area contributed by atoms with Crippen molar-refractivity contribution in [2.24, 2.45) is 0 Å².